The van der Waals surface area contributed by atoms with Crippen molar-refractivity contribution in [3.05, 3.63) is 48.5 Å². The quantitative estimate of drug-likeness (QED) is 0.734. The van der Waals surface area contributed by atoms with Crippen LogP contribution in [0.2, 0.25) is 0 Å². The standard InChI is InChI=1S/C13H10NO3P/c15-18(16)17-9-14-12-7-3-1-5-10(12)11-6-2-4-8-13(11)14/h1-8H,9H2/p+1. The SMILES string of the molecule is O=[P+](O)OCn1c2ccccc2c2ccccc21. The van der Waals surface area contributed by atoms with E-state index >= 15 is 0 Å². The van der Waals surface area contributed by atoms with Crippen LogP contribution in [-0.4, -0.2) is 9.46 Å². The topological polar surface area (TPSA) is 51.5 Å². The zero-order chi connectivity index (χ0) is 12.5. The third-order valence-electron chi connectivity index (χ3n) is 2.98. The Morgan fingerprint density at radius 2 is 1.50 bits per heavy atom. The van der Waals surface area contributed by atoms with E-state index < -0.39 is 8.25 Å². The van der Waals surface area contributed by atoms with Crippen LogP contribution in [-0.2, 0) is 15.8 Å². The van der Waals surface area contributed by atoms with Gasteiger partial charge in [0.2, 0.25) is 0 Å². The van der Waals surface area contributed by atoms with E-state index in [2.05, 4.69) is 0 Å². The van der Waals surface area contributed by atoms with Crippen LogP contribution in [0.4, 0.5) is 0 Å². The smallest absolute Gasteiger partial charge is 0.312 e. The van der Waals surface area contributed by atoms with Crippen LogP contribution in [0.25, 0.3) is 21.8 Å². The van der Waals surface area contributed by atoms with Gasteiger partial charge in [0.1, 0.15) is 0 Å². The number of benzene rings is 2. The largest absolute Gasteiger partial charge is 0.696 e. The lowest BCUT2D eigenvalue weighted by Crippen LogP contribution is -1.97. The van der Waals surface area contributed by atoms with Gasteiger partial charge < -0.3 is 4.57 Å². The molecular weight excluding hydrogens is 249 g/mol. The number of aromatic nitrogens is 1. The first-order valence-electron chi connectivity index (χ1n) is 5.52. The van der Waals surface area contributed by atoms with Crippen molar-refractivity contribution in [1.82, 2.24) is 4.57 Å². The lowest BCUT2D eigenvalue weighted by atomic mass is 10.2. The van der Waals surface area contributed by atoms with Crippen LogP contribution in [0.3, 0.4) is 0 Å². The summed E-state index contributed by atoms with van der Waals surface area (Å²) in [7, 11) is -2.59. The van der Waals surface area contributed by atoms with Gasteiger partial charge in [-0.15, -0.1) is 4.89 Å². The summed E-state index contributed by atoms with van der Waals surface area (Å²) < 4.78 is 17.4. The Bertz CT molecular complexity index is 682. The van der Waals surface area contributed by atoms with Crippen LogP contribution >= 0.6 is 8.25 Å². The molecule has 18 heavy (non-hydrogen) atoms. The molecule has 5 heteroatoms. The first kappa shape index (κ1) is 11.4. The molecule has 3 aromatic rings. The zero-order valence-corrected chi connectivity index (χ0v) is 10.4. The van der Waals surface area contributed by atoms with Crippen molar-refractivity contribution in [3.63, 3.8) is 0 Å². The molecule has 0 aliphatic carbocycles. The van der Waals surface area contributed by atoms with Crippen molar-refractivity contribution in [3.8, 4) is 0 Å². The summed E-state index contributed by atoms with van der Waals surface area (Å²) in [4.78, 5) is 8.77. The maximum Gasteiger partial charge on any atom is 0.696 e. The summed E-state index contributed by atoms with van der Waals surface area (Å²) in [5, 5.41) is 2.23. The van der Waals surface area contributed by atoms with Gasteiger partial charge in [0.05, 0.1) is 11.0 Å². The molecule has 2 aromatic carbocycles. The van der Waals surface area contributed by atoms with Crippen molar-refractivity contribution in [1.29, 1.82) is 0 Å². The molecule has 1 atom stereocenters. The van der Waals surface area contributed by atoms with Crippen molar-refractivity contribution in [2.75, 3.05) is 0 Å². The maximum atomic E-state index is 10.7. The second kappa shape index (κ2) is 4.50. The van der Waals surface area contributed by atoms with E-state index in [0.29, 0.717) is 0 Å². The molecule has 1 heterocycles. The molecule has 1 aromatic heterocycles. The van der Waals surface area contributed by atoms with Gasteiger partial charge in [0.25, 0.3) is 0 Å². The first-order chi connectivity index (χ1) is 8.77. The predicted octanol–water partition coefficient (Wildman–Crippen LogP) is 3.42. The Morgan fingerprint density at radius 1 is 1.00 bits per heavy atom. The highest BCUT2D eigenvalue weighted by molar-refractivity contribution is 7.32. The average molecular weight is 260 g/mol. The predicted molar refractivity (Wildman–Crippen MR) is 70.4 cm³/mol. The third kappa shape index (κ3) is 1.81. The monoisotopic (exact) mass is 260 g/mol. The van der Waals surface area contributed by atoms with Gasteiger partial charge in [-0.3, -0.25) is 0 Å². The van der Waals surface area contributed by atoms with Crippen LogP contribution < -0.4 is 0 Å². The van der Waals surface area contributed by atoms with E-state index in [9.17, 15) is 4.57 Å². The molecule has 0 aliphatic rings. The third-order valence-corrected chi connectivity index (χ3v) is 3.31. The molecule has 0 spiro atoms. The van der Waals surface area contributed by atoms with Gasteiger partial charge in [-0.25, -0.2) is 0 Å². The van der Waals surface area contributed by atoms with Gasteiger partial charge in [-0.2, -0.15) is 0 Å². The molecule has 0 saturated carbocycles. The van der Waals surface area contributed by atoms with E-state index in [1.165, 1.54) is 0 Å². The highest BCUT2D eigenvalue weighted by Crippen LogP contribution is 2.29. The van der Waals surface area contributed by atoms with Crippen molar-refractivity contribution < 1.29 is 14.0 Å². The Hall–Kier alpha value is -1.74. The van der Waals surface area contributed by atoms with Crippen LogP contribution in [0.5, 0.6) is 0 Å². The van der Waals surface area contributed by atoms with E-state index in [1.807, 2.05) is 53.1 Å². The van der Waals surface area contributed by atoms with Gasteiger partial charge in [-0.1, -0.05) is 40.9 Å². The fourth-order valence-electron chi connectivity index (χ4n) is 2.25. The fourth-order valence-corrected chi connectivity index (χ4v) is 2.46. The lowest BCUT2D eigenvalue weighted by molar-refractivity contribution is 0.226. The summed E-state index contributed by atoms with van der Waals surface area (Å²) in [5.74, 6) is 0. The summed E-state index contributed by atoms with van der Waals surface area (Å²) in [6, 6.07) is 15.9. The van der Waals surface area contributed by atoms with Gasteiger partial charge in [0.15, 0.2) is 6.73 Å². The number of hydrogen-bond donors (Lipinski definition) is 1. The number of nitrogens with zero attached hydrogens (tertiary/aromatic N) is 1. The number of rotatable bonds is 3. The molecule has 0 aliphatic heterocycles. The minimum Gasteiger partial charge on any atom is -0.312 e. The summed E-state index contributed by atoms with van der Waals surface area (Å²) in [5.41, 5.74) is 1.99. The van der Waals surface area contributed by atoms with Crippen LogP contribution in [0, 0.1) is 0 Å². The van der Waals surface area contributed by atoms with E-state index in [0.717, 1.165) is 21.8 Å². The van der Waals surface area contributed by atoms with Crippen molar-refractivity contribution >= 4 is 30.1 Å². The summed E-state index contributed by atoms with van der Waals surface area (Å²) in [6.07, 6.45) is 0. The Balaban J connectivity index is 2.27. The van der Waals surface area contributed by atoms with Crippen LogP contribution in [0.1, 0.15) is 0 Å². The number of para-hydroxylation sites is 2. The Morgan fingerprint density at radius 3 is 2.00 bits per heavy atom. The molecule has 1 unspecified atom stereocenters. The molecule has 1 N–H and O–H groups in total. The maximum absolute atomic E-state index is 10.7. The van der Waals surface area contributed by atoms with E-state index in [4.69, 9.17) is 9.42 Å². The molecule has 0 fully saturated rings. The van der Waals surface area contributed by atoms with E-state index in [-0.39, 0.29) is 6.73 Å². The number of fused-ring (bicyclic) bond motifs is 3. The average Bonchev–Trinajstić information content (AvgIpc) is 2.71. The van der Waals surface area contributed by atoms with Crippen molar-refractivity contribution in [2.45, 2.75) is 6.73 Å². The molecule has 0 radical (unpaired) electrons. The number of hydrogen-bond acceptors (Lipinski definition) is 2. The highest BCUT2D eigenvalue weighted by atomic mass is 31.1. The van der Waals surface area contributed by atoms with Crippen molar-refractivity contribution in [2.24, 2.45) is 0 Å². The highest BCUT2D eigenvalue weighted by Gasteiger charge is 2.15. The molecule has 3 rings (SSSR count). The van der Waals surface area contributed by atoms with Gasteiger partial charge >= 0.3 is 8.25 Å². The molecule has 0 bridgehead atoms. The molecular formula is C13H11NO3P+. The fraction of sp³-hybridized carbons (Fsp3) is 0.0769. The molecule has 4 nitrogen and oxygen atoms in total. The van der Waals surface area contributed by atoms with Gasteiger partial charge in [-0.05, 0) is 12.1 Å². The molecule has 90 valence electrons. The second-order valence-corrected chi connectivity index (χ2v) is 4.69. The lowest BCUT2D eigenvalue weighted by Gasteiger charge is -2.01. The normalized spacial score (nSPS) is 12.2. The first-order valence-corrected chi connectivity index (χ1v) is 6.65. The van der Waals surface area contributed by atoms with E-state index in [1.54, 1.807) is 0 Å². The summed E-state index contributed by atoms with van der Waals surface area (Å²) >= 11 is 0. The van der Waals surface area contributed by atoms with Crippen LogP contribution in [0.15, 0.2) is 48.5 Å². The van der Waals surface area contributed by atoms with Gasteiger partial charge in [0, 0.05) is 15.3 Å². The minimum atomic E-state index is -2.59. The minimum absolute atomic E-state index is 0.0692. The Kier molecular flexibility index (Phi) is 2.84. The molecule has 0 saturated heterocycles. The Labute approximate surface area is 104 Å². The summed E-state index contributed by atoms with van der Waals surface area (Å²) in [6.45, 7) is 0.0692. The zero-order valence-electron chi connectivity index (χ0n) is 9.48. The second-order valence-electron chi connectivity index (χ2n) is 3.96. The molecule has 0 amide bonds.